The largest absolute Gasteiger partial charge is 0.388 e. The molecule has 2 nitrogen and oxygen atoms in total. The first-order chi connectivity index (χ1) is 8.59. The van der Waals surface area contributed by atoms with Gasteiger partial charge in [0.1, 0.15) is 0 Å². The summed E-state index contributed by atoms with van der Waals surface area (Å²) in [5.74, 6) is -1.72. The van der Waals surface area contributed by atoms with E-state index in [4.69, 9.17) is 0 Å². The summed E-state index contributed by atoms with van der Waals surface area (Å²) < 4.78 is 25.8. The van der Waals surface area contributed by atoms with Gasteiger partial charge in [-0.2, -0.15) is 0 Å². The van der Waals surface area contributed by atoms with E-state index < -0.39 is 17.2 Å². The van der Waals surface area contributed by atoms with Crippen molar-refractivity contribution in [2.45, 2.75) is 44.1 Å². The summed E-state index contributed by atoms with van der Waals surface area (Å²) in [5, 5.41) is 13.4. The summed E-state index contributed by atoms with van der Waals surface area (Å²) in [6.07, 6.45) is 5.90. The van der Waals surface area contributed by atoms with Gasteiger partial charge in [-0.3, -0.25) is 0 Å². The lowest BCUT2D eigenvalue weighted by Crippen LogP contribution is -2.36. The lowest BCUT2D eigenvalue weighted by Gasteiger charge is -2.27. The zero-order valence-electron chi connectivity index (χ0n) is 10.4. The molecular weight excluding hydrogens is 236 g/mol. The van der Waals surface area contributed by atoms with Crippen LogP contribution in [0.3, 0.4) is 0 Å². The van der Waals surface area contributed by atoms with E-state index in [0.717, 1.165) is 50.7 Å². The second-order valence-electron chi connectivity index (χ2n) is 5.12. The number of hydrogen-bond acceptors (Lipinski definition) is 2. The van der Waals surface area contributed by atoms with Gasteiger partial charge in [-0.25, -0.2) is 8.78 Å². The summed E-state index contributed by atoms with van der Waals surface area (Å²) in [4.78, 5) is 0. The molecule has 0 amide bonds. The topological polar surface area (TPSA) is 32.3 Å². The van der Waals surface area contributed by atoms with Gasteiger partial charge in [0.25, 0.3) is 0 Å². The lowest BCUT2D eigenvalue weighted by molar-refractivity contribution is 0.0381. The van der Waals surface area contributed by atoms with Crippen molar-refractivity contribution in [2.24, 2.45) is 0 Å². The van der Waals surface area contributed by atoms with Gasteiger partial charge in [0.05, 0.1) is 5.60 Å². The van der Waals surface area contributed by atoms with Gasteiger partial charge in [0.15, 0.2) is 11.6 Å². The van der Waals surface area contributed by atoms with Crippen LogP contribution in [0.5, 0.6) is 0 Å². The Morgan fingerprint density at radius 2 is 1.72 bits per heavy atom. The molecule has 0 spiro atoms. The molecule has 0 unspecified atom stereocenters. The van der Waals surface area contributed by atoms with Crippen LogP contribution in [0, 0.1) is 11.6 Å². The lowest BCUT2D eigenvalue weighted by atomic mass is 9.94. The van der Waals surface area contributed by atoms with Gasteiger partial charge in [0, 0.05) is 18.3 Å². The fourth-order valence-corrected chi connectivity index (χ4v) is 2.44. The fraction of sp³-hybridized carbons (Fsp3) is 0.571. The maximum absolute atomic E-state index is 13.0. The zero-order chi connectivity index (χ0) is 13.0. The number of hydrogen-bond donors (Lipinski definition) is 2. The zero-order valence-corrected chi connectivity index (χ0v) is 10.4. The van der Waals surface area contributed by atoms with Crippen LogP contribution in [0.15, 0.2) is 18.2 Å². The SMILES string of the molecule is OC1(CNc2ccc(F)c(F)c2)CCCCCC1. The Morgan fingerprint density at radius 1 is 1.06 bits per heavy atom. The molecule has 1 aliphatic carbocycles. The molecule has 100 valence electrons. The number of anilines is 1. The van der Waals surface area contributed by atoms with Crippen molar-refractivity contribution in [3.05, 3.63) is 29.8 Å². The molecule has 4 heteroatoms. The van der Waals surface area contributed by atoms with Gasteiger partial charge in [-0.05, 0) is 25.0 Å². The molecule has 0 radical (unpaired) electrons. The minimum atomic E-state index is -0.868. The Labute approximate surface area is 106 Å². The Kier molecular flexibility index (Phi) is 4.17. The second-order valence-corrected chi connectivity index (χ2v) is 5.12. The predicted molar refractivity (Wildman–Crippen MR) is 67.5 cm³/mol. The van der Waals surface area contributed by atoms with Crippen LogP contribution in [0.25, 0.3) is 0 Å². The maximum atomic E-state index is 13.0. The molecule has 1 fully saturated rings. The summed E-state index contributed by atoms with van der Waals surface area (Å²) in [6.45, 7) is 0.387. The van der Waals surface area contributed by atoms with Crippen LogP contribution in [-0.2, 0) is 0 Å². The van der Waals surface area contributed by atoms with Crippen LogP contribution in [-0.4, -0.2) is 17.3 Å². The highest BCUT2D eigenvalue weighted by molar-refractivity contribution is 5.43. The van der Waals surface area contributed by atoms with Crippen molar-refractivity contribution in [3.8, 4) is 0 Å². The standard InChI is InChI=1S/C14H19F2NO/c15-12-6-5-11(9-13(12)16)17-10-14(18)7-3-1-2-4-8-14/h5-6,9,17-18H,1-4,7-8,10H2. The van der Waals surface area contributed by atoms with Gasteiger partial charge in [0.2, 0.25) is 0 Å². The molecule has 1 aromatic rings. The third-order valence-corrected chi connectivity index (χ3v) is 3.58. The van der Waals surface area contributed by atoms with E-state index in [9.17, 15) is 13.9 Å². The molecule has 0 atom stereocenters. The average molecular weight is 255 g/mol. The highest BCUT2D eigenvalue weighted by Gasteiger charge is 2.27. The highest BCUT2D eigenvalue weighted by Crippen LogP contribution is 2.27. The number of halogens is 2. The van der Waals surface area contributed by atoms with Crippen LogP contribution >= 0.6 is 0 Å². The Morgan fingerprint density at radius 3 is 2.33 bits per heavy atom. The van der Waals surface area contributed by atoms with E-state index in [2.05, 4.69) is 5.32 Å². The van der Waals surface area contributed by atoms with Gasteiger partial charge >= 0.3 is 0 Å². The maximum Gasteiger partial charge on any atom is 0.160 e. The van der Waals surface area contributed by atoms with Crippen LogP contribution < -0.4 is 5.32 Å². The molecule has 0 bridgehead atoms. The number of rotatable bonds is 3. The van der Waals surface area contributed by atoms with Gasteiger partial charge in [-0.1, -0.05) is 25.7 Å². The van der Waals surface area contributed by atoms with E-state index >= 15 is 0 Å². The third-order valence-electron chi connectivity index (χ3n) is 3.58. The molecule has 0 aromatic heterocycles. The number of nitrogens with one attached hydrogen (secondary N) is 1. The average Bonchev–Trinajstić information content (AvgIpc) is 2.56. The van der Waals surface area contributed by atoms with Crippen LogP contribution in [0.4, 0.5) is 14.5 Å². The highest BCUT2D eigenvalue weighted by atomic mass is 19.2. The second kappa shape index (κ2) is 5.65. The first kappa shape index (κ1) is 13.3. The van der Waals surface area contributed by atoms with Crippen molar-refractivity contribution >= 4 is 5.69 Å². The third kappa shape index (κ3) is 3.42. The molecule has 1 aromatic carbocycles. The first-order valence-corrected chi connectivity index (χ1v) is 6.50. The predicted octanol–water partition coefficient (Wildman–Crippen LogP) is 3.46. The van der Waals surface area contributed by atoms with E-state index in [1.807, 2.05) is 0 Å². The van der Waals surface area contributed by atoms with E-state index in [1.165, 1.54) is 6.07 Å². The smallest absolute Gasteiger partial charge is 0.160 e. The molecule has 1 saturated carbocycles. The Hall–Kier alpha value is -1.16. The fourth-order valence-electron chi connectivity index (χ4n) is 2.44. The van der Waals surface area contributed by atoms with Crippen molar-refractivity contribution < 1.29 is 13.9 Å². The minimum absolute atomic E-state index is 0.387. The summed E-state index contributed by atoms with van der Waals surface area (Å²) >= 11 is 0. The monoisotopic (exact) mass is 255 g/mol. The summed E-state index contributed by atoms with van der Waals surface area (Å²) in [5.41, 5.74) is -0.215. The first-order valence-electron chi connectivity index (χ1n) is 6.50. The molecule has 2 N–H and O–H groups in total. The normalized spacial score (nSPS) is 19.3. The molecule has 0 heterocycles. The van der Waals surface area contributed by atoms with Crippen molar-refractivity contribution in [1.82, 2.24) is 0 Å². The van der Waals surface area contributed by atoms with Crippen molar-refractivity contribution in [2.75, 3.05) is 11.9 Å². The van der Waals surface area contributed by atoms with Crippen LogP contribution in [0.1, 0.15) is 38.5 Å². The molecule has 0 aliphatic heterocycles. The van der Waals surface area contributed by atoms with Gasteiger partial charge in [-0.15, -0.1) is 0 Å². The quantitative estimate of drug-likeness (QED) is 0.811. The molecule has 18 heavy (non-hydrogen) atoms. The minimum Gasteiger partial charge on any atom is -0.388 e. The van der Waals surface area contributed by atoms with Crippen LogP contribution in [0.2, 0.25) is 0 Å². The summed E-state index contributed by atoms with van der Waals surface area (Å²) in [7, 11) is 0. The molecular formula is C14H19F2NO. The molecule has 1 aliphatic rings. The Balaban J connectivity index is 1.95. The van der Waals surface area contributed by atoms with Gasteiger partial charge < -0.3 is 10.4 Å². The summed E-state index contributed by atoms with van der Waals surface area (Å²) in [6, 6.07) is 3.70. The van der Waals surface area contributed by atoms with Crippen molar-refractivity contribution in [3.63, 3.8) is 0 Å². The van der Waals surface area contributed by atoms with E-state index in [0.29, 0.717) is 12.2 Å². The molecule has 0 saturated heterocycles. The van der Waals surface area contributed by atoms with Crippen molar-refractivity contribution in [1.29, 1.82) is 0 Å². The van der Waals surface area contributed by atoms with E-state index in [1.54, 1.807) is 0 Å². The molecule has 2 rings (SSSR count). The van der Waals surface area contributed by atoms with E-state index in [-0.39, 0.29) is 0 Å². The number of aliphatic hydroxyl groups is 1. The Bertz CT molecular complexity index is 401. The number of benzene rings is 1.